The minimum absolute atomic E-state index is 1.10. The topological polar surface area (TPSA) is 13.1 Å². The summed E-state index contributed by atoms with van der Waals surface area (Å²) in [6, 6.07) is 77.0. The molecule has 0 saturated carbocycles. The van der Waals surface area contributed by atoms with E-state index in [2.05, 4.69) is 226 Å². The lowest BCUT2D eigenvalue weighted by atomic mass is 9.98. The monoisotopic (exact) mass is 701 g/mol. The van der Waals surface area contributed by atoms with Gasteiger partial charge in [-0.3, -0.25) is 0 Å². The molecule has 0 saturated heterocycles. The van der Waals surface area contributed by atoms with Gasteiger partial charge in [-0.2, -0.15) is 0 Å². The van der Waals surface area contributed by atoms with Gasteiger partial charge in [-0.05, 0) is 101 Å². The SMILES string of the molecule is c1ccc(N(c2ccc3ccccc3c2)c2cc(-c3ccc4c(c3)c3ccccc3n4-c3ccccc3)c3c(c2)c2ccccc2n3-c2ccccc2)cc1. The Kier molecular flexibility index (Phi) is 7.17. The third-order valence-corrected chi connectivity index (χ3v) is 11.0. The first kappa shape index (κ1) is 31.2. The van der Waals surface area contributed by atoms with Crippen molar-refractivity contribution in [1.29, 1.82) is 0 Å². The molecule has 0 spiro atoms. The van der Waals surface area contributed by atoms with Crippen LogP contribution in [-0.2, 0) is 0 Å². The zero-order valence-corrected chi connectivity index (χ0v) is 30.0. The molecule has 3 heteroatoms. The Hall–Kier alpha value is -7.36. The smallest absolute Gasteiger partial charge is 0.0621 e. The first-order valence-electron chi connectivity index (χ1n) is 18.9. The minimum atomic E-state index is 1.10. The number of hydrogen-bond donors (Lipinski definition) is 0. The molecule has 9 aromatic carbocycles. The minimum Gasteiger partial charge on any atom is -0.310 e. The van der Waals surface area contributed by atoms with Gasteiger partial charge in [0.2, 0.25) is 0 Å². The summed E-state index contributed by atoms with van der Waals surface area (Å²) in [6.45, 7) is 0. The summed E-state index contributed by atoms with van der Waals surface area (Å²) in [4.78, 5) is 2.41. The average molecular weight is 702 g/mol. The summed E-state index contributed by atoms with van der Waals surface area (Å²) in [5, 5.41) is 7.33. The molecule has 0 atom stereocenters. The number of nitrogens with zero attached hydrogens (tertiary/aromatic N) is 3. The van der Waals surface area contributed by atoms with Crippen molar-refractivity contribution in [2.24, 2.45) is 0 Å². The second-order valence-corrected chi connectivity index (χ2v) is 14.2. The molecule has 3 nitrogen and oxygen atoms in total. The highest BCUT2D eigenvalue weighted by Crippen LogP contribution is 2.46. The highest BCUT2D eigenvalue weighted by atomic mass is 15.1. The van der Waals surface area contributed by atoms with Crippen LogP contribution >= 0.6 is 0 Å². The summed E-state index contributed by atoms with van der Waals surface area (Å²) >= 11 is 0. The summed E-state index contributed by atoms with van der Waals surface area (Å²) in [5.41, 5.74) is 12.7. The molecule has 55 heavy (non-hydrogen) atoms. The first-order chi connectivity index (χ1) is 27.3. The number of para-hydroxylation sites is 5. The largest absolute Gasteiger partial charge is 0.310 e. The van der Waals surface area contributed by atoms with Crippen LogP contribution in [-0.4, -0.2) is 9.13 Å². The maximum Gasteiger partial charge on any atom is 0.0621 e. The van der Waals surface area contributed by atoms with Crippen LogP contribution in [0.1, 0.15) is 0 Å². The van der Waals surface area contributed by atoms with Crippen LogP contribution in [0.2, 0.25) is 0 Å². The predicted molar refractivity (Wildman–Crippen MR) is 233 cm³/mol. The van der Waals surface area contributed by atoms with Gasteiger partial charge in [0, 0.05) is 55.5 Å². The molecular weight excluding hydrogens is 667 g/mol. The van der Waals surface area contributed by atoms with Gasteiger partial charge in [0.15, 0.2) is 0 Å². The lowest BCUT2D eigenvalue weighted by Gasteiger charge is -2.27. The van der Waals surface area contributed by atoms with Gasteiger partial charge in [0.05, 0.1) is 22.1 Å². The van der Waals surface area contributed by atoms with Gasteiger partial charge in [0.25, 0.3) is 0 Å². The Labute approximate surface area is 319 Å². The normalized spacial score (nSPS) is 11.6. The molecule has 2 heterocycles. The number of benzene rings is 9. The average Bonchev–Trinajstić information content (AvgIpc) is 3.77. The molecule has 0 N–H and O–H groups in total. The zero-order chi connectivity index (χ0) is 36.3. The fourth-order valence-corrected chi connectivity index (χ4v) is 8.61. The van der Waals surface area contributed by atoms with E-state index in [0.29, 0.717) is 0 Å². The number of aromatic nitrogens is 2. The molecule has 0 aliphatic heterocycles. The molecule has 0 unspecified atom stereocenters. The standard InChI is InChI=1S/C52H35N3/c1-4-18-39(19-5-1)53(42-30-28-36-16-10-11-17-37(36)32-42)43-34-46(52-48(35-43)45-25-13-15-27-50(45)55(52)41-22-8-3-9-23-41)38-29-31-51-47(33-38)44-24-12-14-26-49(44)54(51)40-20-6-2-7-21-40/h1-35H. The lowest BCUT2D eigenvalue weighted by Crippen LogP contribution is -2.10. The predicted octanol–water partition coefficient (Wildman–Crippen LogP) is 14.2. The van der Waals surface area contributed by atoms with Crippen LogP contribution in [0, 0.1) is 0 Å². The van der Waals surface area contributed by atoms with E-state index in [1.165, 1.54) is 65.5 Å². The molecule has 0 bridgehead atoms. The molecule has 258 valence electrons. The molecule has 0 aliphatic carbocycles. The molecule has 2 aromatic heterocycles. The fraction of sp³-hybridized carbons (Fsp3) is 0. The van der Waals surface area contributed by atoms with E-state index >= 15 is 0 Å². The second kappa shape index (κ2) is 12.6. The van der Waals surface area contributed by atoms with E-state index < -0.39 is 0 Å². The van der Waals surface area contributed by atoms with Gasteiger partial charge in [-0.15, -0.1) is 0 Å². The van der Waals surface area contributed by atoms with Crippen LogP contribution in [0.3, 0.4) is 0 Å². The van der Waals surface area contributed by atoms with E-state index in [0.717, 1.165) is 28.4 Å². The number of anilines is 3. The Morgan fingerprint density at radius 1 is 0.309 bits per heavy atom. The van der Waals surface area contributed by atoms with Gasteiger partial charge in [-0.25, -0.2) is 0 Å². The summed E-state index contributed by atoms with van der Waals surface area (Å²) in [7, 11) is 0. The van der Waals surface area contributed by atoms with E-state index in [4.69, 9.17) is 0 Å². The van der Waals surface area contributed by atoms with Crippen molar-refractivity contribution in [1.82, 2.24) is 9.13 Å². The molecular formula is C52H35N3. The number of fused-ring (bicyclic) bond motifs is 7. The zero-order valence-electron chi connectivity index (χ0n) is 30.0. The third kappa shape index (κ3) is 5.05. The van der Waals surface area contributed by atoms with Crippen molar-refractivity contribution in [3.63, 3.8) is 0 Å². The second-order valence-electron chi connectivity index (χ2n) is 14.2. The molecule has 11 rings (SSSR count). The van der Waals surface area contributed by atoms with E-state index in [-0.39, 0.29) is 0 Å². The summed E-state index contributed by atoms with van der Waals surface area (Å²) in [5.74, 6) is 0. The van der Waals surface area contributed by atoms with Crippen LogP contribution in [0.25, 0.3) is 76.9 Å². The van der Waals surface area contributed by atoms with Crippen molar-refractivity contribution >= 4 is 71.4 Å². The highest BCUT2D eigenvalue weighted by molar-refractivity contribution is 6.17. The van der Waals surface area contributed by atoms with Gasteiger partial charge < -0.3 is 14.0 Å². The van der Waals surface area contributed by atoms with Gasteiger partial charge >= 0.3 is 0 Å². The maximum atomic E-state index is 2.45. The molecule has 0 radical (unpaired) electrons. The quantitative estimate of drug-likeness (QED) is 0.168. The van der Waals surface area contributed by atoms with Gasteiger partial charge in [0.1, 0.15) is 0 Å². The van der Waals surface area contributed by atoms with Crippen molar-refractivity contribution in [3.8, 4) is 22.5 Å². The lowest BCUT2D eigenvalue weighted by molar-refractivity contribution is 1.18. The van der Waals surface area contributed by atoms with Crippen molar-refractivity contribution < 1.29 is 0 Å². The Balaban J connectivity index is 1.25. The number of rotatable bonds is 6. The maximum absolute atomic E-state index is 2.45. The molecule has 11 aromatic rings. The Morgan fingerprint density at radius 3 is 1.60 bits per heavy atom. The van der Waals surface area contributed by atoms with Crippen LogP contribution < -0.4 is 4.90 Å². The summed E-state index contributed by atoms with van der Waals surface area (Å²) < 4.78 is 4.84. The van der Waals surface area contributed by atoms with E-state index in [1.54, 1.807) is 0 Å². The molecule has 0 fully saturated rings. The third-order valence-electron chi connectivity index (χ3n) is 11.0. The van der Waals surface area contributed by atoms with Crippen molar-refractivity contribution in [2.75, 3.05) is 4.90 Å². The molecule has 0 amide bonds. The van der Waals surface area contributed by atoms with Crippen LogP contribution in [0.15, 0.2) is 212 Å². The number of hydrogen-bond acceptors (Lipinski definition) is 1. The molecule has 0 aliphatic rings. The first-order valence-corrected chi connectivity index (χ1v) is 18.9. The van der Waals surface area contributed by atoms with Crippen LogP contribution in [0.4, 0.5) is 17.1 Å². The fourth-order valence-electron chi connectivity index (χ4n) is 8.61. The Morgan fingerprint density at radius 2 is 0.873 bits per heavy atom. The van der Waals surface area contributed by atoms with Crippen LogP contribution in [0.5, 0.6) is 0 Å². The highest BCUT2D eigenvalue weighted by Gasteiger charge is 2.22. The van der Waals surface area contributed by atoms with E-state index in [1.807, 2.05) is 0 Å². The van der Waals surface area contributed by atoms with Crippen molar-refractivity contribution in [3.05, 3.63) is 212 Å². The van der Waals surface area contributed by atoms with E-state index in [9.17, 15) is 0 Å². The van der Waals surface area contributed by atoms with Crippen molar-refractivity contribution in [2.45, 2.75) is 0 Å². The Bertz CT molecular complexity index is 3190. The van der Waals surface area contributed by atoms with Gasteiger partial charge in [-0.1, -0.05) is 127 Å². The summed E-state index contributed by atoms with van der Waals surface area (Å²) in [6.07, 6.45) is 0.